The molecule has 0 N–H and O–H groups in total. The van der Waals surface area contributed by atoms with Gasteiger partial charge in [0.1, 0.15) is 0 Å². The number of rotatable bonds is 5. The maximum absolute atomic E-state index is 5.15. The summed E-state index contributed by atoms with van der Waals surface area (Å²) in [6.45, 7) is 0. The molecule has 43 heavy (non-hydrogen) atoms. The molecule has 0 fully saturated rings. The van der Waals surface area contributed by atoms with E-state index in [1.54, 1.807) is 11.3 Å². The van der Waals surface area contributed by atoms with Crippen molar-refractivity contribution >= 4 is 31.6 Å². The van der Waals surface area contributed by atoms with Crippen molar-refractivity contribution in [3.05, 3.63) is 140 Å². The minimum atomic E-state index is 0.611. The Bertz CT molecular complexity index is 2170. The molecule has 0 saturated carbocycles. The number of fused-ring (bicyclic) bond motifs is 3. The first kappa shape index (κ1) is 25.1. The molecule has 0 bridgehead atoms. The highest BCUT2D eigenvalue weighted by atomic mass is 32.1. The summed E-state index contributed by atoms with van der Waals surface area (Å²) in [6, 6.07) is 46.9. The Morgan fingerprint density at radius 3 is 1.44 bits per heavy atom. The summed E-state index contributed by atoms with van der Waals surface area (Å²) in [6.07, 6.45) is 0. The SMILES string of the molecule is c1ccc(-c2nc(-c3ccccc3)nc(-c3cccc(-c4nc(-c5ccccc5)nc5c4sc4ccccc45)c3)n2)cc1. The van der Waals surface area contributed by atoms with E-state index < -0.39 is 0 Å². The lowest BCUT2D eigenvalue weighted by atomic mass is 10.1. The molecule has 0 unspecified atom stereocenters. The van der Waals surface area contributed by atoms with Crippen LogP contribution in [-0.2, 0) is 0 Å². The summed E-state index contributed by atoms with van der Waals surface area (Å²) in [7, 11) is 0. The summed E-state index contributed by atoms with van der Waals surface area (Å²) in [4.78, 5) is 24.9. The Morgan fingerprint density at radius 1 is 0.372 bits per heavy atom. The average Bonchev–Trinajstić information content (AvgIpc) is 3.48. The van der Waals surface area contributed by atoms with Gasteiger partial charge in [0, 0.05) is 37.9 Å². The van der Waals surface area contributed by atoms with Crippen molar-refractivity contribution in [1.82, 2.24) is 24.9 Å². The van der Waals surface area contributed by atoms with Crippen LogP contribution in [-0.4, -0.2) is 24.9 Å². The van der Waals surface area contributed by atoms with Crippen LogP contribution in [0.5, 0.6) is 0 Å². The van der Waals surface area contributed by atoms with Crippen molar-refractivity contribution in [1.29, 1.82) is 0 Å². The highest BCUT2D eigenvalue weighted by Crippen LogP contribution is 2.40. The van der Waals surface area contributed by atoms with Gasteiger partial charge in [0.15, 0.2) is 23.3 Å². The van der Waals surface area contributed by atoms with Crippen molar-refractivity contribution in [2.24, 2.45) is 0 Å². The van der Waals surface area contributed by atoms with Gasteiger partial charge in [-0.3, -0.25) is 0 Å². The predicted octanol–water partition coefficient (Wildman–Crippen LogP) is 9.36. The van der Waals surface area contributed by atoms with Crippen LogP contribution in [0.15, 0.2) is 140 Å². The van der Waals surface area contributed by atoms with E-state index in [0.29, 0.717) is 23.3 Å². The monoisotopic (exact) mass is 569 g/mol. The topological polar surface area (TPSA) is 64.5 Å². The van der Waals surface area contributed by atoms with E-state index in [-0.39, 0.29) is 0 Å². The molecule has 202 valence electrons. The molecule has 8 rings (SSSR count). The second kappa shape index (κ2) is 10.7. The van der Waals surface area contributed by atoms with Gasteiger partial charge in [-0.2, -0.15) is 0 Å². The van der Waals surface area contributed by atoms with Crippen LogP contribution in [0.25, 0.3) is 77.1 Å². The third kappa shape index (κ3) is 4.74. The fourth-order valence-corrected chi connectivity index (χ4v) is 6.40. The molecule has 5 nitrogen and oxygen atoms in total. The van der Waals surface area contributed by atoms with Crippen LogP contribution < -0.4 is 0 Å². The van der Waals surface area contributed by atoms with E-state index in [2.05, 4.69) is 48.5 Å². The number of thiophene rings is 1. The molecular weight excluding hydrogens is 547 g/mol. The van der Waals surface area contributed by atoms with Crippen molar-refractivity contribution in [2.75, 3.05) is 0 Å². The maximum Gasteiger partial charge on any atom is 0.164 e. The van der Waals surface area contributed by atoms with Gasteiger partial charge >= 0.3 is 0 Å². The molecule has 0 saturated heterocycles. The molecule has 3 heterocycles. The summed E-state index contributed by atoms with van der Waals surface area (Å²) in [5.41, 5.74) is 6.60. The van der Waals surface area contributed by atoms with Gasteiger partial charge in [-0.25, -0.2) is 24.9 Å². The highest BCUT2D eigenvalue weighted by molar-refractivity contribution is 7.26. The summed E-state index contributed by atoms with van der Waals surface area (Å²) in [5, 5.41) is 1.14. The van der Waals surface area contributed by atoms with Crippen LogP contribution in [0, 0.1) is 0 Å². The van der Waals surface area contributed by atoms with E-state index in [1.807, 2.05) is 91.0 Å². The van der Waals surface area contributed by atoms with Gasteiger partial charge in [0.2, 0.25) is 0 Å². The minimum Gasteiger partial charge on any atom is -0.226 e. The third-order valence-corrected chi connectivity index (χ3v) is 8.51. The Kier molecular flexibility index (Phi) is 6.24. The number of nitrogens with zero attached hydrogens (tertiary/aromatic N) is 5. The van der Waals surface area contributed by atoms with Gasteiger partial charge in [0.05, 0.1) is 15.9 Å². The molecule has 0 aliphatic carbocycles. The normalized spacial score (nSPS) is 11.3. The Balaban J connectivity index is 1.33. The predicted molar refractivity (Wildman–Crippen MR) is 175 cm³/mol. The highest BCUT2D eigenvalue weighted by Gasteiger charge is 2.18. The average molecular weight is 570 g/mol. The van der Waals surface area contributed by atoms with Crippen LogP contribution in [0.1, 0.15) is 0 Å². The summed E-state index contributed by atoms with van der Waals surface area (Å²) < 4.78 is 2.25. The lowest BCUT2D eigenvalue weighted by Gasteiger charge is -2.10. The van der Waals surface area contributed by atoms with E-state index in [4.69, 9.17) is 24.9 Å². The van der Waals surface area contributed by atoms with Crippen LogP contribution in [0.4, 0.5) is 0 Å². The largest absolute Gasteiger partial charge is 0.226 e. The van der Waals surface area contributed by atoms with Gasteiger partial charge < -0.3 is 0 Å². The molecule has 0 radical (unpaired) electrons. The lowest BCUT2D eigenvalue weighted by molar-refractivity contribution is 1.07. The van der Waals surface area contributed by atoms with Crippen molar-refractivity contribution < 1.29 is 0 Å². The first-order valence-corrected chi connectivity index (χ1v) is 14.8. The van der Waals surface area contributed by atoms with E-state index in [9.17, 15) is 0 Å². The Morgan fingerprint density at radius 2 is 0.837 bits per heavy atom. The van der Waals surface area contributed by atoms with Crippen molar-refractivity contribution in [3.63, 3.8) is 0 Å². The van der Waals surface area contributed by atoms with Gasteiger partial charge in [0.25, 0.3) is 0 Å². The molecular formula is C37H23N5S. The number of benzene rings is 5. The fraction of sp³-hybridized carbons (Fsp3) is 0. The molecule has 8 aromatic rings. The molecule has 0 amide bonds. The quantitative estimate of drug-likeness (QED) is 0.207. The Hall–Kier alpha value is -5.59. The van der Waals surface area contributed by atoms with Crippen LogP contribution in [0.2, 0.25) is 0 Å². The zero-order valence-electron chi connectivity index (χ0n) is 22.9. The number of hydrogen-bond donors (Lipinski definition) is 0. The van der Waals surface area contributed by atoms with Crippen molar-refractivity contribution in [2.45, 2.75) is 0 Å². The first-order chi connectivity index (χ1) is 21.3. The summed E-state index contributed by atoms with van der Waals surface area (Å²) >= 11 is 1.72. The lowest BCUT2D eigenvalue weighted by Crippen LogP contribution is -2.00. The second-order valence-electron chi connectivity index (χ2n) is 10.2. The number of aromatic nitrogens is 5. The van der Waals surface area contributed by atoms with Gasteiger partial charge in [-0.05, 0) is 12.1 Å². The minimum absolute atomic E-state index is 0.611. The summed E-state index contributed by atoms with van der Waals surface area (Å²) in [5.74, 6) is 2.58. The zero-order chi connectivity index (χ0) is 28.6. The molecule has 0 aliphatic rings. The van der Waals surface area contributed by atoms with E-state index in [1.165, 1.54) is 4.70 Å². The van der Waals surface area contributed by atoms with Gasteiger partial charge in [-0.1, -0.05) is 127 Å². The smallest absolute Gasteiger partial charge is 0.164 e. The van der Waals surface area contributed by atoms with E-state index >= 15 is 0 Å². The van der Waals surface area contributed by atoms with Crippen LogP contribution in [0.3, 0.4) is 0 Å². The molecule has 0 atom stereocenters. The van der Waals surface area contributed by atoms with E-state index in [0.717, 1.165) is 49.1 Å². The second-order valence-corrected chi connectivity index (χ2v) is 11.2. The molecule has 6 heteroatoms. The number of hydrogen-bond acceptors (Lipinski definition) is 6. The molecule has 3 aromatic heterocycles. The van der Waals surface area contributed by atoms with Gasteiger partial charge in [-0.15, -0.1) is 11.3 Å². The maximum atomic E-state index is 5.15. The molecule has 0 aliphatic heterocycles. The first-order valence-electron chi connectivity index (χ1n) is 14.0. The zero-order valence-corrected chi connectivity index (χ0v) is 23.7. The standard InChI is InChI=1S/C37H23N5S/c1-4-13-24(14-5-1)34-38-31(33-32(39-34)29-21-10-11-22-30(29)43-33)27-19-12-20-28(23-27)37-41-35(25-15-6-2-7-16-25)40-36(42-37)26-17-8-3-9-18-26/h1-23H. The molecule has 5 aromatic carbocycles. The Labute approximate surface area is 252 Å². The third-order valence-electron chi connectivity index (χ3n) is 7.35. The van der Waals surface area contributed by atoms with Crippen molar-refractivity contribution in [3.8, 4) is 56.8 Å². The molecule has 0 spiro atoms. The fourth-order valence-electron chi connectivity index (χ4n) is 5.25. The van der Waals surface area contributed by atoms with Crippen LogP contribution >= 0.6 is 11.3 Å².